The Morgan fingerprint density at radius 3 is 2.91 bits per heavy atom. The molecule has 3 heteroatoms. The van der Waals surface area contributed by atoms with E-state index >= 15 is 0 Å². The van der Waals surface area contributed by atoms with Gasteiger partial charge >= 0.3 is 5.97 Å². The van der Waals surface area contributed by atoms with Gasteiger partial charge in [0, 0.05) is 5.56 Å². The van der Waals surface area contributed by atoms with Crippen molar-refractivity contribution in [3.05, 3.63) is 23.7 Å². The summed E-state index contributed by atoms with van der Waals surface area (Å²) in [6.07, 6.45) is 1.85. The van der Waals surface area contributed by atoms with Crippen molar-refractivity contribution in [3.8, 4) is 0 Å². The van der Waals surface area contributed by atoms with Crippen LogP contribution in [0.25, 0.3) is 0 Å². The van der Waals surface area contributed by atoms with Crippen LogP contribution in [0.4, 0.5) is 0 Å². The third kappa shape index (κ3) is 2.11. The van der Waals surface area contributed by atoms with Gasteiger partial charge in [0.1, 0.15) is 5.76 Å². The zero-order chi connectivity index (χ0) is 8.27. The van der Waals surface area contributed by atoms with Crippen LogP contribution in [0.3, 0.4) is 0 Å². The highest BCUT2D eigenvalue weighted by atomic mass is 16.5. The second-order valence-corrected chi connectivity index (χ2v) is 2.32. The first kappa shape index (κ1) is 7.85. The lowest BCUT2D eigenvalue weighted by molar-refractivity contribution is -0.139. The Labute approximate surface area is 65.0 Å². The van der Waals surface area contributed by atoms with Crippen LogP contribution in [0, 0.1) is 6.92 Å². The van der Waals surface area contributed by atoms with E-state index in [1.54, 1.807) is 6.26 Å². The molecule has 0 aromatic carbocycles. The molecule has 0 amide bonds. The number of ether oxygens (including phenoxy) is 1. The Balaban J connectivity index is 2.57. The molecule has 0 saturated carbocycles. The molecule has 1 rings (SSSR count). The molecule has 60 valence electrons. The van der Waals surface area contributed by atoms with Crippen molar-refractivity contribution in [2.75, 3.05) is 7.11 Å². The lowest BCUT2D eigenvalue weighted by Gasteiger charge is -1.93. The van der Waals surface area contributed by atoms with Gasteiger partial charge in [0.05, 0.1) is 19.8 Å². The van der Waals surface area contributed by atoms with E-state index in [9.17, 15) is 4.79 Å². The van der Waals surface area contributed by atoms with E-state index in [4.69, 9.17) is 4.42 Å². The van der Waals surface area contributed by atoms with Crippen molar-refractivity contribution in [1.29, 1.82) is 0 Å². The Hall–Kier alpha value is -1.25. The quantitative estimate of drug-likeness (QED) is 0.603. The number of hydrogen-bond acceptors (Lipinski definition) is 3. The minimum Gasteiger partial charge on any atom is -0.469 e. The molecule has 0 spiro atoms. The Morgan fingerprint density at radius 1 is 1.73 bits per heavy atom. The van der Waals surface area contributed by atoms with Crippen molar-refractivity contribution in [3.63, 3.8) is 0 Å². The fourth-order valence-electron chi connectivity index (χ4n) is 0.829. The van der Waals surface area contributed by atoms with Gasteiger partial charge in [0.25, 0.3) is 0 Å². The zero-order valence-corrected chi connectivity index (χ0v) is 6.59. The number of furan rings is 1. The zero-order valence-electron chi connectivity index (χ0n) is 6.59. The van der Waals surface area contributed by atoms with E-state index in [1.165, 1.54) is 7.11 Å². The summed E-state index contributed by atoms with van der Waals surface area (Å²) < 4.78 is 9.48. The molecule has 0 unspecified atom stereocenters. The van der Waals surface area contributed by atoms with Crippen LogP contribution in [0.2, 0.25) is 0 Å². The summed E-state index contributed by atoms with van der Waals surface area (Å²) in [6, 6.07) is 1.82. The van der Waals surface area contributed by atoms with Crippen LogP contribution in [-0.2, 0) is 16.0 Å². The van der Waals surface area contributed by atoms with E-state index in [-0.39, 0.29) is 12.4 Å². The van der Waals surface area contributed by atoms with Gasteiger partial charge < -0.3 is 9.15 Å². The molecular formula is C8H10O3. The predicted octanol–water partition coefficient (Wildman–Crippen LogP) is 1.30. The summed E-state index contributed by atoms with van der Waals surface area (Å²) in [5.74, 6) is 0.565. The number of methoxy groups -OCH3 is 1. The average Bonchev–Trinajstić information content (AvgIpc) is 2.35. The second kappa shape index (κ2) is 3.23. The molecule has 0 aliphatic heterocycles. The maximum atomic E-state index is 10.7. The topological polar surface area (TPSA) is 39.4 Å². The summed E-state index contributed by atoms with van der Waals surface area (Å²) in [4.78, 5) is 10.7. The van der Waals surface area contributed by atoms with E-state index in [2.05, 4.69) is 4.74 Å². The normalized spacial score (nSPS) is 9.64. The molecule has 1 aromatic rings. The van der Waals surface area contributed by atoms with Gasteiger partial charge in [-0.25, -0.2) is 0 Å². The Morgan fingerprint density at radius 2 is 2.45 bits per heavy atom. The van der Waals surface area contributed by atoms with Crippen molar-refractivity contribution in [2.24, 2.45) is 0 Å². The molecule has 1 heterocycles. The lowest BCUT2D eigenvalue weighted by Crippen LogP contribution is -2.03. The predicted molar refractivity (Wildman–Crippen MR) is 39.2 cm³/mol. The monoisotopic (exact) mass is 154 g/mol. The van der Waals surface area contributed by atoms with Crippen molar-refractivity contribution >= 4 is 5.97 Å². The summed E-state index contributed by atoms with van der Waals surface area (Å²) in [5, 5.41) is 0. The molecule has 1 aromatic heterocycles. The number of aryl methyl sites for hydroxylation is 1. The molecule has 0 bridgehead atoms. The Bertz CT molecular complexity index is 250. The van der Waals surface area contributed by atoms with Gasteiger partial charge in [-0.15, -0.1) is 0 Å². The molecule has 0 aliphatic carbocycles. The van der Waals surface area contributed by atoms with Gasteiger partial charge in [-0.05, 0) is 13.0 Å². The smallest absolute Gasteiger partial charge is 0.310 e. The van der Waals surface area contributed by atoms with Crippen molar-refractivity contribution in [2.45, 2.75) is 13.3 Å². The highest BCUT2D eigenvalue weighted by Gasteiger charge is 2.04. The summed E-state index contributed by atoms with van der Waals surface area (Å²) in [7, 11) is 1.37. The fourth-order valence-corrected chi connectivity index (χ4v) is 0.829. The van der Waals surface area contributed by atoms with E-state index in [0.29, 0.717) is 0 Å². The van der Waals surface area contributed by atoms with Crippen molar-refractivity contribution < 1.29 is 13.9 Å². The minimum absolute atomic E-state index is 0.245. The van der Waals surface area contributed by atoms with Crippen LogP contribution in [0.5, 0.6) is 0 Å². The molecule has 0 atom stereocenters. The largest absolute Gasteiger partial charge is 0.469 e. The highest BCUT2D eigenvalue weighted by Crippen LogP contribution is 2.06. The molecule has 0 saturated heterocycles. The third-order valence-corrected chi connectivity index (χ3v) is 1.36. The van der Waals surface area contributed by atoms with Crippen LogP contribution >= 0.6 is 0 Å². The second-order valence-electron chi connectivity index (χ2n) is 2.32. The highest BCUT2D eigenvalue weighted by molar-refractivity contribution is 5.72. The first-order valence-electron chi connectivity index (χ1n) is 3.33. The number of hydrogen-bond donors (Lipinski definition) is 0. The number of rotatable bonds is 2. The molecule has 0 aliphatic rings. The van der Waals surface area contributed by atoms with Crippen LogP contribution < -0.4 is 0 Å². The van der Waals surface area contributed by atoms with Crippen LogP contribution in [0.1, 0.15) is 11.3 Å². The molecule has 11 heavy (non-hydrogen) atoms. The summed E-state index contributed by atoms with van der Waals surface area (Å²) in [5.41, 5.74) is 0.856. The lowest BCUT2D eigenvalue weighted by atomic mass is 10.2. The molecule has 0 radical (unpaired) electrons. The number of esters is 1. The fraction of sp³-hybridized carbons (Fsp3) is 0.375. The standard InChI is InChI=1S/C8H10O3/c1-6-3-7(5-11-6)4-8(9)10-2/h3,5H,4H2,1-2H3. The van der Waals surface area contributed by atoms with Crippen LogP contribution in [0.15, 0.2) is 16.7 Å². The summed E-state index contributed by atoms with van der Waals surface area (Å²) in [6.45, 7) is 1.83. The van der Waals surface area contributed by atoms with E-state index in [1.807, 2.05) is 13.0 Å². The Kier molecular flexibility index (Phi) is 2.31. The van der Waals surface area contributed by atoms with Gasteiger partial charge in [0.2, 0.25) is 0 Å². The average molecular weight is 154 g/mol. The SMILES string of the molecule is COC(=O)Cc1coc(C)c1. The first-order valence-corrected chi connectivity index (χ1v) is 3.33. The minimum atomic E-state index is -0.245. The first-order chi connectivity index (χ1) is 5.22. The maximum Gasteiger partial charge on any atom is 0.310 e. The molecule has 3 nitrogen and oxygen atoms in total. The molecular weight excluding hydrogens is 144 g/mol. The number of carbonyl (C=O) groups excluding carboxylic acids is 1. The summed E-state index contributed by atoms with van der Waals surface area (Å²) >= 11 is 0. The third-order valence-electron chi connectivity index (χ3n) is 1.36. The van der Waals surface area contributed by atoms with Gasteiger partial charge in [-0.1, -0.05) is 0 Å². The van der Waals surface area contributed by atoms with Crippen LogP contribution in [-0.4, -0.2) is 13.1 Å². The maximum absolute atomic E-state index is 10.7. The van der Waals surface area contributed by atoms with Crippen molar-refractivity contribution in [1.82, 2.24) is 0 Å². The van der Waals surface area contributed by atoms with E-state index in [0.717, 1.165) is 11.3 Å². The number of carbonyl (C=O) groups is 1. The van der Waals surface area contributed by atoms with Gasteiger partial charge in [-0.2, -0.15) is 0 Å². The molecule has 0 N–H and O–H groups in total. The molecule has 0 fully saturated rings. The van der Waals surface area contributed by atoms with E-state index < -0.39 is 0 Å². The van der Waals surface area contributed by atoms with Gasteiger partial charge in [-0.3, -0.25) is 4.79 Å². The van der Waals surface area contributed by atoms with Gasteiger partial charge in [0.15, 0.2) is 0 Å².